The highest BCUT2D eigenvalue weighted by atomic mass is 16.5. The molecule has 0 radical (unpaired) electrons. The van der Waals surface area contributed by atoms with Gasteiger partial charge in [-0.05, 0) is 36.2 Å². The highest BCUT2D eigenvalue weighted by molar-refractivity contribution is 6.05. The minimum absolute atomic E-state index is 0.0776. The van der Waals surface area contributed by atoms with Gasteiger partial charge in [-0.1, -0.05) is 18.2 Å². The molecule has 2 heterocycles. The van der Waals surface area contributed by atoms with Gasteiger partial charge in [0.05, 0.1) is 13.5 Å². The van der Waals surface area contributed by atoms with E-state index in [-0.39, 0.29) is 24.8 Å². The fourth-order valence-corrected chi connectivity index (χ4v) is 3.09. The summed E-state index contributed by atoms with van der Waals surface area (Å²) in [6.07, 6.45) is 2.76. The summed E-state index contributed by atoms with van der Waals surface area (Å²) in [6.45, 7) is 0.681. The van der Waals surface area contributed by atoms with Crippen molar-refractivity contribution in [2.24, 2.45) is 0 Å². The maximum Gasteiger partial charge on any atom is 0.324 e. The molecule has 1 aliphatic heterocycles. The van der Waals surface area contributed by atoms with E-state index in [4.69, 9.17) is 4.74 Å². The van der Waals surface area contributed by atoms with Crippen LogP contribution >= 0.6 is 0 Å². The summed E-state index contributed by atoms with van der Waals surface area (Å²) in [5.41, 5.74) is 1.87. The zero-order valence-corrected chi connectivity index (χ0v) is 16.3. The highest BCUT2D eigenvalue weighted by Gasteiger charge is 2.38. The molecule has 1 aliphatic rings. The third-order valence-electron chi connectivity index (χ3n) is 4.71. The molecule has 0 spiro atoms. The van der Waals surface area contributed by atoms with E-state index < -0.39 is 12.1 Å². The molecule has 3 rings (SSSR count). The molecule has 1 aromatic heterocycles. The fraction of sp³-hybridized carbons (Fsp3) is 0.333. The first-order valence-electron chi connectivity index (χ1n) is 9.48. The van der Waals surface area contributed by atoms with Crippen molar-refractivity contribution in [3.8, 4) is 5.75 Å². The van der Waals surface area contributed by atoms with Gasteiger partial charge in [-0.2, -0.15) is 0 Å². The Balaban J connectivity index is 1.44. The Bertz CT molecular complexity index is 855. The third-order valence-corrected chi connectivity index (χ3v) is 4.71. The van der Waals surface area contributed by atoms with E-state index in [1.54, 1.807) is 13.3 Å². The first-order chi connectivity index (χ1) is 14.1. The number of aromatic nitrogens is 1. The van der Waals surface area contributed by atoms with Gasteiger partial charge in [-0.3, -0.25) is 19.5 Å². The number of nitrogens with zero attached hydrogens (tertiary/aromatic N) is 2. The van der Waals surface area contributed by atoms with Gasteiger partial charge in [0.25, 0.3) is 5.91 Å². The normalized spacial score (nSPS) is 15.9. The van der Waals surface area contributed by atoms with Crippen molar-refractivity contribution < 1.29 is 19.1 Å². The number of methoxy groups -OCH3 is 1. The zero-order chi connectivity index (χ0) is 20.6. The summed E-state index contributed by atoms with van der Waals surface area (Å²) in [5.74, 6) is 0.0952. The van der Waals surface area contributed by atoms with Crippen LogP contribution in [0, 0.1) is 0 Å². The van der Waals surface area contributed by atoms with Gasteiger partial charge in [0, 0.05) is 31.4 Å². The van der Waals surface area contributed by atoms with Crippen molar-refractivity contribution in [3.05, 3.63) is 59.9 Å². The summed E-state index contributed by atoms with van der Waals surface area (Å²) >= 11 is 0. The number of hydrogen-bond donors (Lipinski definition) is 2. The standard InChI is InChI=1S/C21H24N4O4/c1-29-17-7-5-15(6-8-17)10-13-25-20(27)18(24-21(25)28)14-19(26)23-12-9-16-4-2-3-11-22-16/h2-8,11,18H,9-10,12-14H2,1H3,(H,23,26)(H,24,28). The van der Waals surface area contributed by atoms with Crippen LogP contribution in [0.25, 0.3) is 0 Å². The van der Waals surface area contributed by atoms with Crippen molar-refractivity contribution in [2.75, 3.05) is 20.2 Å². The lowest BCUT2D eigenvalue weighted by atomic mass is 10.1. The van der Waals surface area contributed by atoms with E-state index in [0.29, 0.717) is 19.4 Å². The predicted molar refractivity (Wildman–Crippen MR) is 106 cm³/mol. The summed E-state index contributed by atoms with van der Waals surface area (Å²) in [7, 11) is 1.59. The molecule has 0 bridgehead atoms. The molecule has 1 aromatic carbocycles. The summed E-state index contributed by atoms with van der Waals surface area (Å²) in [6, 6.07) is 11.8. The number of urea groups is 1. The number of imide groups is 1. The molecule has 1 saturated heterocycles. The smallest absolute Gasteiger partial charge is 0.324 e. The number of carbonyl (C=O) groups excluding carboxylic acids is 3. The van der Waals surface area contributed by atoms with Crippen LogP contribution in [0.2, 0.25) is 0 Å². The second-order valence-electron chi connectivity index (χ2n) is 6.72. The van der Waals surface area contributed by atoms with E-state index in [1.807, 2.05) is 42.5 Å². The number of carbonyl (C=O) groups is 3. The Hall–Kier alpha value is -3.42. The minimum atomic E-state index is -0.826. The molecule has 0 saturated carbocycles. The monoisotopic (exact) mass is 396 g/mol. The average Bonchev–Trinajstić information content (AvgIpc) is 3.00. The molecule has 8 nitrogen and oxygen atoms in total. The molecule has 29 heavy (non-hydrogen) atoms. The largest absolute Gasteiger partial charge is 0.497 e. The third kappa shape index (κ3) is 5.54. The van der Waals surface area contributed by atoms with E-state index in [1.165, 1.54) is 0 Å². The molecule has 4 amide bonds. The lowest BCUT2D eigenvalue weighted by Crippen LogP contribution is -2.37. The van der Waals surface area contributed by atoms with Gasteiger partial charge in [0.1, 0.15) is 11.8 Å². The van der Waals surface area contributed by atoms with E-state index in [2.05, 4.69) is 15.6 Å². The predicted octanol–water partition coefficient (Wildman–Crippen LogP) is 1.30. The molecular weight excluding hydrogens is 372 g/mol. The second kappa shape index (κ2) is 9.68. The summed E-state index contributed by atoms with van der Waals surface area (Å²) < 4.78 is 5.12. The lowest BCUT2D eigenvalue weighted by Gasteiger charge is -2.13. The van der Waals surface area contributed by atoms with Gasteiger partial charge >= 0.3 is 6.03 Å². The van der Waals surface area contributed by atoms with E-state index in [9.17, 15) is 14.4 Å². The van der Waals surface area contributed by atoms with Crippen molar-refractivity contribution in [3.63, 3.8) is 0 Å². The van der Waals surface area contributed by atoms with Crippen molar-refractivity contribution in [1.29, 1.82) is 0 Å². The van der Waals surface area contributed by atoms with Crippen LogP contribution in [0.15, 0.2) is 48.7 Å². The topological polar surface area (TPSA) is 101 Å². The molecule has 0 aliphatic carbocycles. The number of nitrogens with one attached hydrogen (secondary N) is 2. The number of pyridine rings is 1. The van der Waals surface area contributed by atoms with Crippen LogP contribution in [0.4, 0.5) is 4.79 Å². The van der Waals surface area contributed by atoms with Crippen LogP contribution in [-0.2, 0) is 22.4 Å². The number of benzene rings is 1. The molecule has 2 N–H and O–H groups in total. The first kappa shape index (κ1) is 20.3. The second-order valence-corrected chi connectivity index (χ2v) is 6.72. The van der Waals surface area contributed by atoms with Crippen molar-refractivity contribution in [1.82, 2.24) is 20.5 Å². The van der Waals surface area contributed by atoms with Crippen LogP contribution in [0.5, 0.6) is 5.75 Å². The SMILES string of the molecule is COc1ccc(CCN2C(=O)NC(CC(=O)NCCc3ccccn3)C2=O)cc1. The average molecular weight is 396 g/mol. The minimum Gasteiger partial charge on any atom is -0.497 e. The zero-order valence-electron chi connectivity index (χ0n) is 16.3. The van der Waals surface area contributed by atoms with Crippen molar-refractivity contribution >= 4 is 17.8 Å². The quantitative estimate of drug-likeness (QED) is 0.623. The van der Waals surface area contributed by atoms with Crippen LogP contribution in [0.1, 0.15) is 17.7 Å². The summed E-state index contributed by atoms with van der Waals surface area (Å²) in [4.78, 5) is 42.1. The molecular formula is C21H24N4O4. The maximum atomic E-state index is 12.5. The lowest BCUT2D eigenvalue weighted by molar-refractivity contribution is -0.130. The number of hydrogen-bond acceptors (Lipinski definition) is 5. The Morgan fingerprint density at radius 1 is 1.17 bits per heavy atom. The van der Waals surface area contributed by atoms with Gasteiger partial charge in [0.15, 0.2) is 0 Å². The fourth-order valence-electron chi connectivity index (χ4n) is 3.09. The molecule has 8 heteroatoms. The Kier molecular flexibility index (Phi) is 6.78. The Morgan fingerprint density at radius 2 is 1.97 bits per heavy atom. The number of ether oxygens (including phenoxy) is 1. The molecule has 2 aromatic rings. The van der Waals surface area contributed by atoms with Gasteiger partial charge in [-0.15, -0.1) is 0 Å². The number of amides is 4. The molecule has 1 fully saturated rings. The maximum absolute atomic E-state index is 12.5. The highest BCUT2D eigenvalue weighted by Crippen LogP contribution is 2.14. The van der Waals surface area contributed by atoms with Gasteiger partial charge in [0.2, 0.25) is 5.91 Å². The van der Waals surface area contributed by atoms with Gasteiger partial charge < -0.3 is 15.4 Å². The number of rotatable bonds is 9. The van der Waals surface area contributed by atoms with Crippen LogP contribution < -0.4 is 15.4 Å². The van der Waals surface area contributed by atoms with E-state index >= 15 is 0 Å². The Labute approximate surface area is 169 Å². The molecule has 152 valence electrons. The van der Waals surface area contributed by atoms with Crippen LogP contribution in [0.3, 0.4) is 0 Å². The van der Waals surface area contributed by atoms with Gasteiger partial charge in [-0.25, -0.2) is 4.79 Å². The first-order valence-corrected chi connectivity index (χ1v) is 9.48. The Morgan fingerprint density at radius 3 is 2.66 bits per heavy atom. The molecule has 1 atom stereocenters. The van der Waals surface area contributed by atoms with E-state index in [0.717, 1.165) is 21.9 Å². The van der Waals surface area contributed by atoms with Crippen molar-refractivity contribution in [2.45, 2.75) is 25.3 Å². The summed E-state index contributed by atoms with van der Waals surface area (Å²) in [5, 5.41) is 5.36. The molecule has 1 unspecified atom stereocenters. The van der Waals surface area contributed by atoms with Crippen LogP contribution in [-0.4, -0.2) is 54.0 Å².